The predicted molar refractivity (Wildman–Crippen MR) is 153 cm³/mol. The number of carbonyl (C=O) groups excluding carboxylic acids is 1. The summed E-state index contributed by atoms with van der Waals surface area (Å²) in [5.74, 6) is 2.23. The zero-order chi connectivity index (χ0) is 26.5. The Hall–Kier alpha value is -3.21. The minimum absolute atomic E-state index is 0.0605. The van der Waals surface area contributed by atoms with Crippen LogP contribution >= 0.6 is 33.2 Å². The number of hydrogen-bond donors (Lipinski definition) is 2. The van der Waals surface area contributed by atoms with Crippen molar-refractivity contribution in [3.63, 3.8) is 0 Å². The fourth-order valence-corrected chi connectivity index (χ4v) is 7.12. The Morgan fingerprint density at radius 3 is 2.82 bits per heavy atom. The normalized spacial score (nSPS) is 14.9. The molecule has 0 aliphatic carbocycles. The molecule has 1 unspecified atom stereocenters. The molecule has 38 heavy (non-hydrogen) atoms. The lowest BCUT2D eigenvalue weighted by atomic mass is 10.1. The summed E-state index contributed by atoms with van der Waals surface area (Å²) in [7, 11) is 5.12. The largest absolute Gasteiger partial charge is 0.494 e. The molecule has 0 bridgehead atoms. The average Bonchev–Trinajstić information content (AvgIpc) is 3.41. The number of aromatic nitrogens is 2. The van der Waals surface area contributed by atoms with Crippen LogP contribution < -0.4 is 20.1 Å². The molecule has 196 valence electrons. The molecule has 1 fully saturated rings. The highest BCUT2D eigenvalue weighted by Gasteiger charge is 2.21. The van der Waals surface area contributed by atoms with Gasteiger partial charge in [-0.15, -0.1) is 0 Å². The summed E-state index contributed by atoms with van der Waals surface area (Å²) in [4.78, 5) is 21.5. The summed E-state index contributed by atoms with van der Waals surface area (Å²) < 4.78 is 24.7. The van der Waals surface area contributed by atoms with E-state index in [9.17, 15) is 9.18 Å². The second kappa shape index (κ2) is 12.1. The molecule has 7 nitrogen and oxygen atoms in total. The van der Waals surface area contributed by atoms with Gasteiger partial charge in [-0.2, -0.15) is 0 Å². The zero-order valence-electron chi connectivity index (χ0n) is 20.4. The van der Waals surface area contributed by atoms with E-state index in [1.165, 1.54) is 18.5 Å². The lowest BCUT2D eigenvalue weighted by Crippen LogP contribution is -2.17. The van der Waals surface area contributed by atoms with Crippen LogP contribution in [0.1, 0.15) is 18.4 Å². The number of hydrogen-bond acceptors (Lipinski definition) is 8. The number of nitrogens with one attached hydrogen (secondary N) is 2. The van der Waals surface area contributed by atoms with Gasteiger partial charge in [0.1, 0.15) is 36.1 Å². The van der Waals surface area contributed by atoms with Crippen molar-refractivity contribution in [1.82, 2.24) is 9.97 Å². The maximum Gasteiger partial charge on any atom is 0.225 e. The van der Waals surface area contributed by atoms with Crippen molar-refractivity contribution < 1.29 is 18.7 Å². The monoisotopic (exact) mass is 570 g/mol. The molecule has 2 heterocycles. The van der Waals surface area contributed by atoms with Gasteiger partial charge in [-0.25, -0.2) is 14.4 Å². The molecule has 2 N–H and O–H groups in total. The molecule has 0 radical (unpaired) electrons. The first-order valence-corrected chi connectivity index (χ1v) is 14.6. The first-order valence-electron chi connectivity index (χ1n) is 11.8. The zero-order valence-corrected chi connectivity index (χ0v) is 22.8. The fourth-order valence-electron chi connectivity index (χ4n) is 3.99. The second-order valence-electron chi connectivity index (χ2n) is 8.56. The van der Waals surface area contributed by atoms with Crippen molar-refractivity contribution in [1.29, 1.82) is 0 Å². The number of methoxy groups -OCH3 is 1. The van der Waals surface area contributed by atoms with E-state index in [4.69, 9.17) is 21.1 Å². The van der Waals surface area contributed by atoms with Crippen molar-refractivity contribution in [2.75, 3.05) is 23.5 Å². The summed E-state index contributed by atoms with van der Waals surface area (Å²) in [6.45, 7) is 0.190. The van der Waals surface area contributed by atoms with Gasteiger partial charge in [0.25, 0.3) is 0 Å². The van der Waals surface area contributed by atoms with Crippen molar-refractivity contribution in [3.05, 3.63) is 77.3 Å². The van der Waals surface area contributed by atoms with Crippen LogP contribution in [0.25, 0.3) is 10.9 Å². The van der Waals surface area contributed by atoms with Crippen LogP contribution in [0.5, 0.6) is 11.5 Å². The molecular formula is C27H24ClFN4O3S2. The Bertz CT molecular complexity index is 1470. The SMILES string of the molecule is COc1cc2ncnc(Nc3ccc(OCc4cccc(F)c4)c(Cl)c3)c2cc1NC(=O)CC1CCSS1. The van der Waals surface area contributed by atoms with Crippen molar-refractivity contribution in [2.24, 2.45) is 0 Å². The van der Waals surface area contributed by atoms with E-state index in [1.807, 2.05) is 12.1 Å². The lowest BCUT2D eigenvalue weighted by molar-refractivity contribution is -0.116. The summed E-state index contributed by atoms with van der Waals surface area (Å²) in [6, 6.07) is 15.1. The van der Waals surface area contributed by atoms with Crippen LogP contribution in [0.15, 0.2) is 60.9 Å². The Labute approximate surface area is 232 Å². The van der Waals surface area contributed by atoms with Crippen molar-refractivity contribution in [2.45, 2.75) is 24.7 Å². The molecule has 3 aromatic carbocycles. The molecule has 1 aromatic heterocycles. The molecule has 4 aromatic rings. The fraction of sp³-hybridized carbons (Fsp3) is 0.222. The third-order valence-corrected chi connectivity index (χ3v) is 9.08. The summed E-state index contributed by atoms with van der Waals surface area (Å²) >= 11 is 6.46. The average molecular weight is 571 g/mol. The first kappa shape index (κ1) is 26.4. The van der Waals surface area contributed by atoms with E-state index < -0.39 is 0 Å². The van der Waals surface area contributed by atoms with Crippen LogP contribution in [0, 0.1) is 5.82 Å². The quantitative estimate of drug-likeness (QED) is 0.204. The molecular weight excluding hydrogens is 547 g/mol. The summed E-state index contributed by atoms with van der Waals surface area (Å²) in [6.07, 6.45) is 2.92. The molecule has 1 aliphatic heterocycles. The molecule has 5 rings (SSSR count). The third kappa shape index (κ3) is 6.43. The number of halogens is 2. The minimum Gasteiger partial charge on any atom is -0.494 e. The summed E-state index contributed by atoms with van der Waals surface area (Å²) in [5.41, 5.74) is 2.60. The van der Waals surface area contributed by atoms with Crippen LogP contribution in [-0.4, -0.2) is 34.0 Å². The number of amides is 1. The van der Waals surface area contributed by atoms with E-state index in [-0.39, 0.29) is 18.3 Å². The predicted octanol–water partition coefficient (Wildman–Crippen LogP) is 7.24. The van der Waals surface area contributed by atoms with Gasteiger partial charge in [0.05, 0.1) is 23.3 Å². The van der Waals surface area contributed by atoms with Gasteiger partial charge in [0.2, 0.25) is 5.91 Å². The number of carbonyl (C=O) groups is 1. The number of fused-ring (bicyclic) bond motifs is 1. The Morgan fingerprint density at radius 1 is 1.16 bits per heavy atom. The maximum atomic E-state index is 13.4. The van der Waals surface area contributed by atoms with Crippen LogP contribution in [0.2, 0.25) is 5.02 Å². The van der Waals surface area contributed by atoms with Crippen LogP contribution in [0.3, 0.4) is 0 Å². The van der Waals surface area contributed by atoms with Gasteiger partial charge < -0.3 is 20.1 Å². The highest BCUT2D eigenvalue weighted by atomic mass is 35.5. The number of rotatable bonds is 9. The Balaban J connectivity index is 1.34. The van der Waals surface area contributed by atoms with E-state index in [2.05, 4.69) is 20.6 Å². The van der Waals surface area contributed by atoms with E-state index in [0.29, 0.717) is 61.9 Å². The molecule has 1 amide bonds. The third-order valence-electron chi connectivity index (χ3n) is 5.85. The minimum atomic E-state index is -0.318. The van der Waals surface area contributed by atoms with Gasteiger partial charge in [0, 0.05) is 34.6 Å². The highest BCUT2D eigenvalue weighted by Crippen LogP contribution is 2.40. The topological polar surface area (TPSA) is 85.4 Å². The van der Waals surface area contributed by atoms with Gasteiger partial charge in [-0.05, 0) is 48.4 Å². The number of benzene rings is 3. The molecule has 1 aliphatic rings. The first-order chi connectivity index (χ1) is 18.5. The molecule has 0 spiro atoms. The molecule has 1 saturated heterocycles. The molecule has 0 saturated carbocycles. The standard InChI is InChI=1S/C27H24ClFN4O3S2/c1-35-25-13-22-20(12-23(25)33-26(34)11-19-7-8-37-38-19)27(31-15-30-22)32-18-5-6-24(21(28)10-18)36-14-16-3-2-4-17(29)9-16/h2-6,9-10,12-13,15,19H,7-8,11,14H2,1H3,(H,33,34)(H,30,31,32). The van der Waals surface area contributed by atoms with E-state index >= 15 is 0 Å². The smallest absolute Gasteiger partial charge is 0.225 e. The molecule has 11 heteroatoms. The van der Waals surface area contributed by atoms with Gasteiger partial charge in [-0.1, -0.05) is 45.3 Å². The Kier molecular flexibility index (Phi) is 8.41. The van der Waals surface area contributed by atoms with Gasteiger partial charge in [0.15, 0.2) is 0 Å². The van der Waals surface area contributed by atoms with Crippen molar-refractivity contribution >= 4 is 67.2 Å². The number of ether oxygens (including phenoxy) is 2. The lowest BCUT2D eigenvalue weighted by Gasteiger charge is -2.15. The van der Waals surface area contributed by atoms with E-state index in [1.54, 1.807) is 59.0 Å². The van der Waals surface area contributed by atoms with Crippen molar-refractivity contribution in [3.8, 4) is 11.5 Å². The molecule has 1 atom stereocenters. The van der Waals surface area contributed by atoms with Gasteiger partial charge >= 0.3 is 0 Å². The van der Waals surface area contributed by atoms with Gasteiger partial charge in [-0.3, -0.25) is 4.79 Å². The second-order valence-corrected chi connectivity index (χ2v) is 11.8. The highest BCUT2D eigenvalue weighted by molar-refractivity contribution is 8.77. The van der Waals surface area contributed by atoms with E-state index in [0.717, 1.165) is 12.2 Å². The Morgan fingerprint density at radius 2 is 2.05 bits per heavy atom. The number of nitrogens with zero attached hydrogens (tertiary/aromatic N) is 2. The van der Waals surface area contributed by atoms with Crippen LogP contribution in [0.4, 0.5) is 21.6 Å². The summed E-state index contributed by atoms with van der Waals surface area (Å²) in [5, 5.41) is 7.67. The maximum absolute atomic E-state index is 13.4. The number of anilines is 3. The van der Waals surface area contributed by atoms with Crippen LogP contribution in [-0.2, 0) is 11.4 Å².